The SMILES string of the molecule is C=CCCCCCC(=O)c1ccc2c(c1)NCC2. The molecule has 2 rings (SSSR count). The number of rotatable bonds is 7. The number of nitrogens with one attached hydrogen (secondary N) is 1. The van der Waals surface area contributed by atoms with Crippen LogP contribution in [0.1, 0.15) is 48.0 Å². The first-order valence-corrected chi connectivity index (χ1v) is 6.82. The number of benzene rings is 1. The van der Waals surface area contributed by atoms with Gasteiger partial charge in [-0.15, -0.1) is 6.58 Å². The molecule has 0 saturated heterocycles. The van der Waals surface area contributed by atoms with Crippen molar-refractivity contribution in [1.29, 1.82) is 0 Å². The molecule has 0 bridgehead atoms. The largest absolute Gasteiger partial charge is 0.384 e. The van der Waals surface area contributed by atoms with E-state index in [2.05, 4.69) is 18.0 Å². The lowest BCUT2D eigenvalue weighted by atomic mass is 10.0. The Labute approximate surface area is 109 Å². The fourth-order valence-corrected chi connectivity index (χ4v) is 2.36. The summed E-state index contributed by atoms with van der Waals surface area (Å²) in [5.74, 6) is 0.269. The molecule has 0 radical (unpaired) electrons. The molecule has 0 spiro atoms. The van der Waals surface area contributed by atoms with Crippen molar-refractivity contribution >= 4 is 11.5 Å². The Morgan fingerprint density at radius 3 is 3.06 bits per heavy atom. The summed E-state index contributed by atoms with van der Waals surface area (Å²) in [7, 11) is 0. The summed E-state index contributed by atoms with van der Waals surface area (Å²) in [6.07, 6.45) is 7.97. The van der Waals surface area contributed by atoms with Crippen molar-refractivity contribution < 1.29 is 4.79 Å². The number of anilines is 1. The second-order valence-corrected chi connectivity index (χ2v) is 4.86. The topological polar surface area (TPSA) is 29.1 Å². The van der Waals surface area contributed by atoms with Gasteiger partial charge in [0.1, 0.15) is 0 Å². The molecule has 18 heavy (non-hydrogen) atoms. The van der Waals surface area contributed by atoms with Crippen molar-refractivity contribution in [2.75, 3.05) is 11.9 Å². The molecule has 0 saturated carbocycles. The highest BCUT2D eigenvalue weighted by Crippen LogP contribution is 2.24. The van der Waals surface area contributed by atoms with E-state index in [1.54, 1.807) is 0 Å². The normalized spacial score (nSPS) is 12.9. The molecule has 1 aliphatic heterocycles. The van der Waals surface area contributed by atoms with E-state index in [0.717, 1.165) is 49.9 Å². The van der Waals surface area contributed by atoms with E-state index < -0.39 is 0 Å². The fourth-order valence-electron chi connectivity index (χ4n) is 2.36. The van der Waals surface area contributed by atoms with Crippen molar-refractivity contribution in [1.82, 2.24) is 0 Å². The summed E-state index contributed by atoms with van der Waals surface area (Å²) in [4.78, 5) is 12.0. The van der Waals surface area contributed by atoms with Gasteiger partial charge < -0.3 is 5.32 Å². The first-order valence-electron chi connectivity index (χ1n) is 6.82. The van der Waals surface area contributed by atoms with Crippen LogP contribution in [0.25, 0.3) is 0 Å². The highest BCUT2D eigenvalue weighted by Gasteiger charge is 2.12. The maximum atomic E-state index is 12.0. The number of allylic oxidation sites excluding steroid dienone is 1. The monoisotopic (exact) mass is 243 g/mol. The molecule has 2 heteroatoms. The van der Waals surface area contributed by atoms with Crippen LogP contribution in [0.4, 0.5) is 5.69 Å². The highest BCUT2D eigenvalue weighted by molar-refractivity contribution is 5.97. The molecule has 1 heterocycles. The molecule has 0 atom stereocenters. The van der Waals surface area contributed by atoms with E-state index in [-0.39, 0.29) is 5.78 Å². The molecule has 0 aliphatic carbocycles. The average Bonchev–Trinajstić information content (AvgIpc) is 2.85. The summed E-state index contributed by atoms with van der Waals surface area (Å²) < 4.78 is 0. The third-order valence-electron chi connectivity index (χ3n) is 3.45. The van der Waals surface area contributed by atoms with E-state index in [4.69, 9.17) is 0 Å². The van der Waals surface area contributed by atoms with Gasteiger partial charge in [0.2, 0.25) is 0 Å². The Hall–Kier alpha value is -1.57. The van der Waals surface area contributed by atoms with Gasteiger partial charge in [0.15, 0.2) is 5.78 Å². The van der Waals surface area contributed by atoms with E-state index >= 15 is 0 Å². The van der Waals surface area contributed by atoms with Crippen LogP contribution >= 0.6 is 0 Å². The van der Waals surface area contributed by atoms with Crippen molar-refractivity contribution in [3.63, 3.8) is 0 Å². The van der Waals surface area contributed by atoms with Gasteiger partial charge in [0, 0.05) is 24.2 Å². The van der Waals surface area contributed by atoms with Gasteiger partial charge in [0.05, 0.1) is 0 Å². The molecule has 0 aromatic heterocycles. The summed E-state index contributed by atoms with van der Waals surface area (Å²) >= 11 is 0. The summed E-state index contributed by atoms with van der Waals surface area (Å²) in [5.41, 5.74) is 3.33. The Morgan fingerprint density at radius 2 is 2.22 bits per heavy atom. The minimum Gasteiger partial charge on any atom is -0.384 e. The molecule has 2 nitrogen and oxygen atoms in total. The number of unbranched alkanes of at least 4 members (excludes halogenated alkanes) is 3. The molecule has 1 aromatic rings. The third-order valence-corrected chi connectivity index (χ3v) is 3.45. The number of ketones is 1. The lowest BCUT2D eigenvalue weighted by Crippen LogP contribution is -2.00. The van der Waals surface area contributed by atoms with Gasteiger partial charge in [-0.25, -0.2) is 0 Å². The number of fused-ring (bicyclic) bond motifs is 1. The first kappa shape index (κ1) is 12.9. The van der Waals surface area contributed by atoms with Crippen molar-refractivity contribution in [3.05, 3.63) is 42.0 Å². The average molecular weight is 243 g/mol. The summed E-state index contributed by atoms with van der Waals surface area (Å²) in [6, 6.07) is 6.06. The summed E-state index contributed by atoms with van der Waals surface area (Å²) in [5, 5.41) is 3.32. The van der Waals surface area contributed by atoms with Crippen LogP contribution in [0.2, 0.25) is 0 Å². The van der Waals surface area contributed by atoms with Crippen LogP contribution < -0.4 is 5.32 Å². The zero-order chi connectivity index (χ0) is 12.8. The number of Topliss-reactive ketones (excluding diaryl/α,β-unsaturated/α-hetero) is 1. The Balaban J connectivity index is 1.83. The highest BCUT2D eigenvalue weighted by atomic mass is 16.1. The van der Waals surface area contributed by atoms with E-state index in [1.807, 2.05) is 18.2 Å². The van der Waals surface area contributed by atoms with E-state index in [1.165, 1.54) is 5.56 Å². The molecule has 1 aliphatic rings. The lowest BCUT2D eigenvalue weighted by molar-refractivity contribution is 0.0979. The predicted molar refractivity (Wildman–Crippen MR) is 76.2 cm³/mol. The van der Waals surface area contributed by atoms with Gasteiger partial charge >= 0.3 is 0 Å². The molecule has 96 valence electrons. The van der Waals surface area contributed by atoms with Crippen LogP contribution in [0.3, 0.4) is 0 Å². The number of hydrogen-bond donors (Lipinski definition) is 1. The smallest absolute Gasteiger partial charge is 0.162 e. The van der Waals surface area contributed by atoms with Crippen LogP contribution in [-0.2, 0) is 6.42 Å². The third kappa shape index (κ3) is 3.22. The molecule has 0 fully saturated rings. The fraction of sp³-hybridized carbons (Fsp3) is 0.438. The van der Waals surface area contributed by atoms with E-state index in [0.29, 0.717) is 6.42 Å². The van der Waals surface area contributed by atoms with Gasteiger partial charge in [0.25, 0.3) is 0 Å². The first-order chi connectivity index (χ1) is 8.81. The van der Waals surface area contributed by atoms with Crippen molar-refractivity contribution in [2.45, 2.75) is 38.5 Å². The van der Waals surface area contributed by atoms with Crippen LogP contribution in [0, 0.1) is 0 Å². The van der Waals surface area contributed by atoms with E-state index in [9.17, 15) is 4.79 Å². The van der Waals surface area contributed by atoms with Crippen molar-refractivity contribution in [2.24, 2.45) is 0 Å². The van der Waals surface area contributed by atoms with Gasteiger partial charge in [-0.1, -0.05) is 24.6 Å². The number of hydrogen-bond acceptors (Lipinski definition) is 2. The quantitative estimate of drug-likeness (QED) is 0.446. The standard InChI is InChI=1S/C16H21NO/c1-2-3-4-5-6-7-16(18)14-9-8-13-10-11-17-15(13)12-14/h2,8-9,12,17H,1,3-7,10-11H2. The Morgan fingerprint density at radius 1 is 1.33 bits per heavy atom. The Bertz CT molecular complexity index is 437. The lowest BCUT2D eigenvalue weighted by Gasteiger charge is -2.04. The minimum atomic E-state index is 0.269. The number of carbonyl (C=O) groups excluding carboxylic acids is 1. The zero-order valence-corrected chi connectivity index (χ0v) is 10.9. The molecule has 0 amide bonds. The maximum Gasteiger partial charge on any atom is 0.162 e. The Kier molecular flexibility index (Phi) is 4.57. The van der Waals surface area contributed by atoms with Crippen LogP contribution in [0.15, 0.2) is 30.9 Å². The van der Waals surface area contributed by atoms with Crippen LogP contribution in [-0.4, -0.2) is 12.3 Å². The molecule has 0 unspecified atom stereocenters. The predicted octanol–water partition coefficient (Wildman–Crippen LogP) is 3.97. The second-order valence-electron chi connectivity index (χ2n) is 4.86. The van der Waals surface area contributed by atoms with Gasteiger partial charge in [-0.3, -0.25) is 4.79 Å². The molecular formula is C16H21NO. The molecule has 1 N–H and O–H groups in total. The minimum absolute atomic E-state index is 0.269. The number of carbonyl (C=O) groups is 1. The maximum absolute atomic E-state index is 12.0. The molecular weight excluding hydrogens is 222 g/mol. The van der Waals surface area contributed by atoms with Gasteiger partial charge in [-0.2, -0.15) is 0 Å². The summed E-state index contributed by atoms with van der Waals surface area (Å²) in [6.45, 7) is 4.69. The van der Waals surface area contributed by atoms with Crippen molar-refractivity contribution in [3.8, 4) is 0 Å². The van der Waals surface area contributed by atoms with Gasteiger partial charge in [-0.05, 0) is 37.3 Å². The molecule has 1 aromatic carbocycles. The zero-order valence-electron chi connectivity index (χ0n) is 10.9. The second kappa shape index (κ2) is 6.39. The van der Waals surface area contributed by atoms with Crippen LogP contribution in [0.5, 0.6) is 0 Å².